The predicted octanol–water partition coefficient (Wildman–Crippen LogP) is 4.31. The SMILES string of the molecule is CC1CCCc2c(C(=O)Nc3cnn(C(C)c4ccc(F)cc4)c3)noc21. The van der Waals surface area contributed by atoms with Crippen LogP contribution in [0.15, 0.2) is 41.2 Å². The number of anilines is 1. The standard InChI is InChI=1S/C20H21FN4O2/c1-12-4-3-5-17-18(24-27-19(12)17)20(26)23-16-10-22-25(11-16)13(2)14-6-8-15(21)9-7-14/h6-13H,3-5H2,1-2H3,(H,23,26). The van der Waals surface area contributed by atoms with Gasteiger partial charge in [0.2, 0.25) is 0 Å². The van der Waals surface area contributed by atoms with Gasteiger partial charge in [-0.15, -0.1) is 0 Å². The average molecular weight is 368 g/mol. The molecule has 2 heterocycles. The minimum atomic E-state index is -0.289. The lowest BCUT2D eigenvalue weighted by Gasteiger charge is -2.15. The molecule has 140 valence electrons. The molecule has 2 unspecified atom stereocenters. The highest BCUT2D eigenvalue weighted by atomic mass is 19.1. The molecule has 0 bridgehead atoms. The van der Waals surface area contributed by atoms with Gasteiger partial charge in [-0.3, -0.25) is 9.48 Å². The van der Waals surface area contributed by atoms with Crippen molar-refractivity contribution >= 4 is 11.6 Å². The number of rotatable bonds is 4. The van der Waals surface area contributed by atoms with Crippen molar-refractivity contribution in [3.63, 3.8) is 0 Å². The molecule has 27 heavy (non-hydrogen) atoms. The van der Waals surface area contributed by atoms with Crippen molar-refractivity contribution in [3.8, 4) is 0 Å². The maximum absolute atomic E-state index is 13.1. The van der Waals surface area contributed by atoms with Gasteiger partial charge in [-0.25, -0.2) is 4.39 Å². The Bertz CT molecular complexity index is 961. The number of hydrogen-bond acceptors (Lipinski definition) is 4. The van der Waals surface area contributed by atoms with Crippen LogP contribution in [0.2, 0.25) is 0 Å². The fraction of sp³-hybridized carbons (Fsp3) is 0.350. The third-order valence-electron chi connectivity index (χ3n) is 5.15. The van der Waals surface area contributed by atoms with Crippen LogP contribution >= 0.6 is 0 Å². The minimum absolute atomic E-state index is 0.0862. The summed E-state index contributed by atoms with van der Waals surface area (Å²) in [7, 11) is 0. The van der Waals surface area contributed by atoms with E-state index in [4.69, 9.17) is 4.52 Å². The highest BCUT2D eigenvalue weighted by molar-refractivity contribution is 6.03. The van der Waals surface area contributed by atoms with Crippen LogP contribution in [-0.4, -0.2) is 20.8 Å². The van der Waals surface area contributed by atoms with Crippen LogP contribution in [0.5, 0.6) is 0 Å². The van der Waals surface area contributed by atoms with Gasteiger partial charge in [-0.2, -0.15) is 5.10 Å². The van der Waals surface area contributed by atoms with Crippen molar-refractivity contribution in [1.29, 1.82) is 0 Å². The van der Waals surface area contributed by atoms with Gasteiger partial charge in [0, 0.05) is 17.7 Å². The van der Waals surface area contributed by atoms with Crippen LogP contribution in [-0.2, 0) is 6.42 Å². The highest BCUT2D eigenvalue weighted by Crippen LogP contribution is 2.33. The lowest BCUT2D eigenvalue weighted by atomic mass is 9.88. The Kier molecular flexibility index (Phi) is 4.51. The van der Waals surface area contributed by atoms with Crippen LogP contribution in [0, 0.1) is 5.82 Å². The Balaban J connectivity index is 1.49. The van der Waals surface area contributed by atoms with Gasteiger partial charge in [-0.1, -0.05) is 24.2 Å². The summed E-state index contributed by atoms with van der Waals surface area (Å²) in [5.74, 6) is 0.557. The number of hydrogen-bond donors (Lipinski definition) is 1. The Morgan fingerprint density at radius 3 is 2.93 bits per heavy atom. The van der Waals surface area contributed by atoms with E-state index in [-0.39, 0.29) is 17.8 Å². The molecule has 3 aromatic rings. The van der Waals surface area contributed by atoms with E-state index in [1.165, 1.54) is 12.1 Å². The smallest absolute Gasteiger partial charge is 0.278 e. The second-order valence-corrected chi connectivity index (χ2v) is 7.06. The molecule has 0 aliphatic heterocycles. The zero-order chi connectivity index (χ0) is 19.0. The third kappa shape index (κ3) is 3.37. The fourth-order valence-corrected chi connectivity index (χ4v) is 3.54. The molecule has 1 aliphatic carbocycles. The first kappa shape index (κ1) is 17.5. The van der Waals surface area contributed by atoms with Crippen molar-refractivity contribution in [3.05, 3.63) is 65.1 Å². The first-order valence-electron chi connectivity index (χ1n) is 9.12. The average Bonchev–Trinajstić information content (AvgIpc) is 3.29. The summed E-state index contributed by atoms with van der Waals surface area (Å²) in [5, 5.41) is 11.1. The van der Waals surface area contributed by atoms with Gasteiger partial charge in [0.25, 0.3) is 5.91 Å². The van der Waals surface area contributed by atoms with E-state index in [0.29, 0.717) is 17.3 Å². The molecular formula is C20H21FN4O2. The number of benzene rings is 1. The number of aromatic nitrogens is 3. The number of halogens is 1. The minimum Gasteiger partial charge on any atom is -0.360 e. The summed E-state index contributed by atoms with van der Waals surface area (Å²) in [6, 6.07) is 6.21. The van der Waals surface area contributed by atoms with E-state index in [1.807, 2.05) is 6.92 Å². The van der Waals surface area contributed by atoms with Crippen molar-refractivity contribution in [1.82, 2.24) is 14.9 Å². The van der Waals surface area contributed by atoms with E-state index in [0.717, 1.165) is 36.1 Å². The molecule has 2 atom stereocenters. The maximum atomic E-state index is 13.1. The Morgan fingerprint density at radius 2 is 2.15 bits per heavy atom. The lowest BCUT2D eigenvalue weighted by Crippen LogP contribution is -2.16. The molecule has 1 aromatic carbocycles. The van der Waals surface area contributed by atoms with Crippen LogP contribution < -0.4 is 5.32 Å². The predicted molar refractivity (Wildman–Crippen MR) is 98.2 cm³/mol. The van der Waals surface area contributed by atoms with E-state index in [2.05, 4.69) is 22.5 Å². The normalized spacial score (nSPS) is 17.4. The molecule has 0 fully saturated rings. The highest BCUT2D eigenvalue weighted by Gasteiger charge is 2.28. The molecular weight excluding hydrogens is 347 g/mol. The number of fused-ring (bicyclic) bond motifs is 1. The van der Waals surface area contributed by atoms with Crippen molar-refractivity contribution in [2.24, 2.45) is 0 Å². The largest absolute Gasteiger partial charge is 0.360 e. The number of carbonyl (C=O) groups excluding carboxylic acids is 1. The topological polar surface area (TPSA) is 73.0 Å². The molecule has 2 aromatic heterocycles. The van der Waals surface area contributed by atoms with E-state index in [9.17, 15) is 9.18 Å². The van der Waals surface area contributed by atoms with Crippen molar-refractivity contribution < 1.29 is 13.7 Å². The second-order valence-electron chi connectivity index (χ2n) is 7.06. The van der Waals surface area contributed by atoms with Gasteiger partial charge in [-0.05, 0) is 43.9 Å². The Hall–Kier alpha value is -2.96. The Morgan fingerprint density at radius 1 is 1.37 bits per heavy atom. The van der Waals surface area contributed by atoms with Crippen LogP contribution in [0.25, 0.3) is 0 Å². The quantitative estimate of drug-likeness (QED) is 0.745. The van der Waals surface area contributed by atoms with Gasteiger partial charge in [0.1, 0.15) is 11.6 Å². The van der Waals surface area contributed by atoms with Crippen molar-refractivity contribution in [2.45, 2.75) is 45.1 Å². The molecule has 4 rings (SSSR count). The van der Waals surface area contributed by atoms with Gasteiger partial charge in [0.15, 0.2) is 5.69 Å². The first-order chi connectivity index (χ1) is 13.0. The third-order valence-corrected chi connectivity index (χ3v) is 5.15. The fourth-order valence-electron chi connectivity index (χ4n) is 3.54. The summed E-state index contributed by atoms with van der Waals surface area (Å²) < 4.78 is 20.2. The summed E-state index contributed by atoms with van der Waals surface area (Å²) in [6.45, 7) is 4.05. The monoisotopic (exact) mass is 368 g/mol. The van der Waals surface area contributed by atoms with Crippen LogP contribution in [0.1, 0.15) is 66.0 Å². The molecule has 0 saturated carbocycles. The first-order valence-corrected chi connectivity index (χ1v) is 9.12. The molecule has 0 spiro atoms. The van der Waals surface area contributed by atoms with Crippen LogP contribution in [0.3, 0.4) is 0 Å². The number of nitrogens with zero attached hydrogens (tertiary/aromatic N) is 3. The number of carbonyl (C=O) groups is 1. The molecule has 7 heteroatoms. The second kappa shape index (κ2) is 6.98. The van der Waals surface area contributed by atoms with E-state index < -0.39 is 0 Å². The number of nitrogens with one attached hydrogen (secondary N) is 1. The maximum Gasteiger partial charge on any atom is 0.278 e. The Labute approximate surface area is 156 Å². The van der Waals surface area contributed by atoms with Crippen LogP contribution in [0.4, 0.5) is 10.1 Å². The molecule has 1 N–H and O–H groups in total. The summed E-state index contributed by atoms with van der Waals surface area (Å²) in [5.41, 5.74) is 2.78. The number of amides is 1. The van der Waals surface area contributed by atoms with Gasteiger partial charge >= 0.3 is 0 Å². The summed E-state index contributed by atoms with van der Waals surface area (Å²) >= 11 is 0. The molecule has 6 nitrogen and oxygen atoms in total. The summed E-state index contributed by atoms with van der Waals surface area (Å²) in [6.07, 6.45) is 6.24. The zero-order valence-electron chi connectivity index (χ0n) is 15.3. The summed E-state index contributed by atoms with van der Waals surface area (Å²) in [4.78, 5) is 12.6. The lowest BCUT2D eigenvalue weighted by molar-refractivity contribution is 0.101. The van der Waals surface area contributed by atoms with Crippen molar-refractivity contribution in [2.75, 3.05) is 5.32 Å². The molecule has 1 amide bonds. The molecule has 1 aliphatic rings. The van der Waals surface area contributed by atoms with E-state index >= 15 is 0 Å². The van der Waals surface area contributed by atoms with Gasteiger partial charge in [0.05, 0.1) is 17.9 Å². The van der Waals surface area contributed by atoms with Gasteiger partial charge < -0.3 is 9.84 Å². The molecule has 0 saturated heterocycles. The zero-order valence-corrected chi connectivity index (χ0v) is 15.3. The molecule has 0 radical (unpaired) electrons. The van der Waals surface area contributed by atoms with E-state index in [1.54, 1.807) is 29.2 Å².